The van der Waals surface area contributed by atoms with Crippen LogP contribution in [-0.2, 0) is 4.79 Å². The minimum Gasteiger partial charge on any atom is -0.359 e. The maximum absolute atomic E-state index is 12.5. The molecule has 2 N–H and O–H groups in total. The second-order valence-electron chi connectivity index (χ2n) is 6.66. The van der Waals surface area contributed by atoms with Crippen molar-refractivity contribution in [2.75, 3.05) is 38.1 Å². The first-order valence-electron chi connectivity index (χ1n) is 8.96. The number of nitrogens with one attached hydrogen (secondary N) is 2. The third-order valence-electron chi connectivity index (χ3n) is 4.98. The van der Waals surface area contributed by atoms with Crippen LogP contribution in [0.15, 0.2) is 18.5 Å². The molecule has 1 unspecified atom stereocenters. The summed E-state index contributed by atoms with van der Waals surface area (Å²) in [6.45, 7) is 2.89. The molecule has 0 aromatic carbocycles. The molecule has 2 aliphatic rings. The van der Waals surface area contributed by atoms with Gasteiger partial charge in [-0.15, -0.1) is 0 Å². The summed E-state index contributed by atoms with van der Waals surface area (Å²) in [6, 6.07) is 1.87. The monoisotopic (exact) mass is 346 g/mol. The van der Waals surface area contributed by atoms with E-state index in [0.717, 1.165) is 38.8 Å². The van der Waals surface area contributed by atoms with Crippen LogP contribution in [0.3, 0.4) is 0 Å². The number of amides is 3. The van der Waals surface area contributed by atoms with Gasteiger partial charge in [-0.1, -0.05) is 0 Å². The molecule has 0 radical (unpaired) electrons. The van der Waals surface area contributed by atoms with E-state index in [-0.39, 0.29) is 23.9 Å². The van der Waals surface area contributed by atoms with Gasteiger partial charge in [0, 0.05) is 57.6 Å². The van der Waals surface area contributed by atoms with Crippen LogP contribution in [0.1, 0.15) is 25.7 Å². The van der Waals surface area contributed by atoms with E-state index in [2.05, 4.69) is 25.5 Å². The van der Waals surface area contributed by atoms with Crippen LogP contribution in [0.25, 0.3) is 0 Å². The summed E-state index contributed by atoms with van der Waals surface area (Å²) < 4.78 is 0. The Labute approximate surface area is 148 Å². The van der Waals surface area contributed by atoms with Crippen LogP contribution in [0.4, 0.5) is 10.7 Å². The number of hydrogen-bond donors (Lipinski definition) is 2. The molecule has 25 heavy (non-hydrogen) atoms. The molecule has 0 bridgehead atoms. The lowest BCUT2D eigenvalue weighted by atomic mass is 9.96. The number of carbonyl (C=O) groups is 2. The van der Waals surface area contributed by atoms with Gasteiger partial charge < -0.3 is 20.4 Å². The Hall–Kier alpha value is -2.38. The molecule has 3 heterocycles. The highest BCUT2D eigenvalue weighted by Gasteiger charge is 2.29. The number of piperidine rings is 2. The average molecular weight is 346 g/mol. The number of anilines is 1. The molecular weight excluding hydrogens is 320 g/mol. The summed E-state index contributed by atoms with van der Waals surface area (Å²) in [4.78, 5) is 36.7. The number of rotatable bonds is 3. The van der Waals surface area contributed by atoms with Crippen molar-refractivity contribution in [1.82, 2.24) is 25.5 Å². The van der Waals surface area contributed by atoms with Gasteiger partial charge in [-0.05, 0) is 31.7 Å². The van der Waals surface area contributed by atoms with Crippen LogP contribution >= 0.6 is 0 Å². The predicted molar refractivity (Wildman–Crippen MR) is 94.2 cm³/mol. The average Bonchev–Trinajstić information content (AvgIpc) is 2.68. The molecule has 136 valence electrons. The zero-order valence-corrected chi connectivity index (χ0v) is 14.6. The maximum Gasteiger partial charge on any atom is 0.317 e. The highest BCUT2D eigenvalue weighted by molar-refractivity contribution is 5.79. The summed E-state index contributed by atoms with van der Waals surface area (Å²) in [6.07, 6.45) is 6.89. The van der Waals surface area contributed by atoms with Crippen LogP contribution in [0.2, 0.25) is 0 Å². The number of carbonyl (C=O) groups excluding carboxylic acids is 2. The number of urea groups is 1. The second-order valence-corrected chi connectivity index (χ2v) is 6.66. The van der Waals surface area contributed by atoms with Crippen molar-refractivity contribution in [2.45, 2.75) is 31.7 Å². The first-order valence-corrected chi connectivity index (χ1v) is 8.96. The van der Waals surface area contributed by atoms with Gasteiger partial charge in [0.25, 0.3) is 0 Å². The number of nitrogens with zero attached hydrogens (tertiary/aromatic N) is 4. The Morgan fingerprint density at radius 2 is 1.84 bits per heavy atom. The van der Waals surface area contributed by atoms with Gasteiger partial charge in [0.15, 0.2) is 0 Å². The maximum atomic E-state index is 12.5. The summed E-state index contributed by atoms with van der Waals surface area (Å²) in [5, 5.41) is 5.83. The fourth-order valence-corrected chi connectivity index (χ4v) is 3.55. The van der Waals surface area contributed by atoms with Crippen molar-refractivity contribution in [3.8, 4) is 0 Å². The normalized spacial score (nSPS) is 21.7. The zero-order chi connectivity index (χ0) is 17.6. The molecule has 2 saturated heterocycles. The zero-order valence-electron chi connectivity index (χ0n) is 14.6. The van der Waals surface area contributed by atoms with Gasteiger partial charge in [-0.25, -0.2) is 14.8 Å². The van der Waals surface area contributed by atoms with E-state index in [4.69, 9.17) is 0 Å². The van der Waals surface area contributed by atoms with Gasteiger partial charge in [0.05, 0.1) is 0 Å². The molecule has 0 spiro atoms. The second kappa shape index (κ2) is 8.13. The Kier molecular flexibility index (Phi) is 5.67. The van der Waals surface area contributed by atoms with Crippen molar-refractivity contribution >= 4 is 17.9 Å². The minimum absolute atomic E-state index is 0.0226. The molecule has 8 heteroatoms. The van der Waals surface area contributed by atoms with Crippen LogP contribution in [0, 0.1) is 5.92 Å². The third-order valence-corrected chi connectivity index (χ3v) is 4.98. The molecule has 8 nitrogen and oxygen atoms in total. The highest BCUT2D eigenvalue weighted by Crippen LogP contribution is 2.19. The molecule has 1 aromatic heterocycles. The summed E-state index contributed by atoms with van der Waals surface area (Å²) in [5.41, 5.74) is 0. The standard InChI is InChI=1S/C17H26N6O2/c1-18-15(24)13-5-10-22(11-6-13)17(25)21-14-4-2-9-23(12-14)16-19-7-3-8-20-16/h3,7-8,13-14H,2,4-6,9-12H2,1H3,(H,18,24)(H,21,25). The fourth-order valence-electron chi connectivity index (χ4n) is 3.55. The Balaban J connectivity index is 1.49. The van der Waals surface area contributed by atoms with Crippen LogP contribution in [-0.4, -0.2) is 66.1 Å². The fraction of sp³-hybridized carbons (Fsp3) is 0.647. The lowest BCUT2D eigenvalue weighted by molar-refractivity contribution is -0.125. The molecule has 0 aliphatic carbocycles. The Morgan fingerprint density at radius 3 is 2.52 bits per heavy atom. The molecule has 2 aliphatic heterocycles. The Bertz CT molecular complexity index is 588. The van der Waals surface area contributed by atoms with Crippen LogP contribution < -0.4 is 15.5 Å². The van der Waals surface area contributed by atoms with E-state index >= 15 is 0 Å². The van der Waals surface area contributed by atoms with E-state index in [0.29, 0.717) is 19.0 Å². The van der Waals surface area contributed by atoms with Crippen molar-refractivity contribution in [2.24, 2.45) is 5.92 Å². The minimum atomic E-state index is -0.0313. The number of aromatic nitrogens is 2. The lowest BCUT2D eigenvalue weighted by Crippen LogP contribution is -2.53. The quantitative estimate of drug-likeness (QED) is 0.837. The van der Waals surface area contributed by atoms with Gasteiger partial charge >= 0.3 is 6.03 Å². The molecule has 3 rings (SSSR count). The number of hydrogen-bond acceptors (Lipinski definition) is 5. The molecule has 2 fully saturated rings. The third kappa shape index (κ3) is 4.37. The largest absolute Gasteiger partial charge is 0.359 e. The summed E-state index contributed by atoms with van der Waals surface area (Å²) >= 11 is 0. The van der Waals surface area contributed by atoms with E-state index in [1.807, 2.05) is 4.90 Å². The highest BCUT2D eigenvalue weighted by atomic mass is 16.2. The lowest BCUT2D eigenvalue weighted by Gasteiger charge is -2.36. The van der Waals surface area contributed by atoms with Crippen molar-refractivity contribution < 1.29 is 9.59 Å². The molecule has 3 amide bonds. The molecular formula is C17H26N6O2. The molecule has 1 atom stereocenters. The van der Waals surface area contributed by atoms with Crippen LogP contribution in [0.5, 0.6) is 0 Å². The van der Waals surface area contributed by atoms with E-state index in [9.17, 15) is 9.59 Å². The van der Waals surface area contributed by atoms with Gasteiger partial charge in [-0.2, -0.15) is 0 Å². The summed E-state index contributed by atoms with van der Waals surface area (Å²) in [5.74, 6) is 0.813. The predicted octanol–water partition coefficient (Wildman–Crippen LogP) is 0.613. The smallest absolute Gasteiger partial charge is 0.317 e. The first kappa shape index (κ1) is 17.4. The van der Waals surface area contributed by atoms with Gasteiger partial charge in [-0.3, -0.25) is 4.79 Å². The molecule has 1 aromatic rings. The number of likely N-dealkylation sites (tertiary alicyclic amines) is 1. The SMILES string of the molecule is CNC(=O)C1CCN(C(=O)NC2CCCN(c3ncccn3)C2)CC1. The van der Waals surface area contributed by atoms with E-state index in [1.165, 1.54) is 0 Å². The van der Waals surface area contributed by atoms with E-state index < -0.39 is 0 Å². The van der Waals surface area contributed by atoms with Crippen molar-refractivity contribution in [3.05, 3.63) is 18.5 Å². The summed E-state index contributed by atoms with van der Waals surface area (Å²) in [7, 11) is 1.66. The van der Waals surface area contributed by atoms with Gasteiger partial charge in [0.1, 0.15) is 0 Å². The van der Waals surface area contributed by atoms with Gasteiger partial charge in [0.2, 0.25) is 11.9 Å². The Morgan fingerprint density at radius 1 is 1.12 bits per heavy atom. The van der Waals surface area contributed by atoms with Crippen molar-refractivity contribution in [3.63, 3.8) is 0 Å². The van der Waals surface area contributed by atoms with E-state index in [1.54, 1.807) is 25.5 Å². The topological polar surface area (TPSA) is 90.5 Å². The van der Waals surface area contributed by atoms with Crippen molar-refractivity contribution in [1.29, 1.82) is 0 Å². The molecule has 0 saturated carbocycles. The first-order chi connectivity index (χ1) is 12.2.